The molecule has 2 rings (SSSR count). The fourth-order valence-electron chi connectivity index (χ4n) is 1.88. The van der Waals surface area contributed by atoms with Gasteiger partial charge in [-0.3, -0.25) is 4.79 Å². The summed E-state index contributed by atoms with van der Waals surface area (Å²) in [6.45, 7) is 2.47. The third-order valence-electron chi connectivity index (χ3n) is 2.65. The molecule has 18 heavy (non-hydrogen) atoms. The molecular formula is C13H13NO4. The number of carboxylic acid groups (broad SMARTS) is 1. The molecule has 0 radical (unpaired) electrons. The Bertz CT molecular complexity index is 522. The Hall–Kier alpha value is -2.30. The molecule has 0 saturated heterocycles. The molecule has 1 N–H and O–H groups in total. The summed E-state index contributed by atoms with van der Waals surface area (Å²) in [5.41, 5.74) is 0.578. The van der Waals surface area contributed by atoms with Crippen molar-refractivity contribution in [3.63, 3.8) is 0 Å². The molecule has 0 unspecified atom stereocenters. The van der Waals surface area contributed by atoms with E-state index in [1.54, 1.807) is 25.1 Å². The Balaban J connectivity index is 2.47. The zero-order chi connectivity index (χ0) is 13.1. The maximum Gasteiger partial charge on any atom is 0.339 e. The number of anilines is 1. The Labute approximate surface area is 104 Å². The fraction of sp³-hybridized carbons (Fsp3) is 0.231. The topological polar surface area (TPSA) is 66.8 Å². The van der Waals surface area contributed by atoms with Gasteiger partial charge in [0, 0.05) is 0 Å². The first kappa shape index (κ1) is 12.2. The predicted molar refractivity (Wildman–Crippen MR) is 66.1 cm³/mol. The van der Waals surface area contributed by atoms with Gasteiger partial charge in [-0.2, -0.15) is 0 Å². The van der Waals surface area contributed by atoms with Gasteiger partial charge in [0.2, 0.25) is 0 Å². The highest BCUT2D eigenvalue weighted by molar-refractivity contribution is 6.04. The molecule has 1 heterocycles. The summed E-state index contributed by atoms with van der Waals surface area (Å²) in [5, 5.41) is 9.07. The van der Waals surface area contributed by atoms with E-state index in [9.17, 15) is 9.59 Å². The molecule has 0 aliphatic carbocycles. The third kappa shape index (κ3) is 2.07. The minimum Gasteiger partial charge on any atom is -0.489 e. The van der Waals surface area contributed by atoms with Crippen molar-refractivity contribution in [3.8, 4) is 5.75 Å². The van der Waals surface area contributed by atoms with Gasteiger partial charge < -0.3 is 14.7 Å². The molecule has 1 amide bonds. The van der Waals surface area contributed by atoms with E-state index < -0.39 is 5.97 Å². The van der Waals surface area contributed by atoms with Gasteiger partial charge in [-0.05, 0) is 25.1 Å². The minimum atomic E-state index is -1.06. The first-order chi connectivity index (χ1) is 8.65. The van der Waals surface area contributed by atoms with Gasteiger partial charge in [-0.1, -0.05) is 12.1 Å². The minimum absolute atomic E-state index is 0.0745. The number of rotatable bonds is 2. The maximum atomic E-state index is 11.9. The zero-order valence-corrected chi connectivity index (χ0v) is 9.92. The van der Waals surface area contributed by atoms with Gasteiger partial charge in [0.05, 0.1) is 12.2 Å². The maximum absolute atomic E-state index is 11.9. The molecular weight excluding hydrogens is 234 g/mol. The van der Waals surface area contributed by atoms with Crippen LogP contribution in [0, 0.1) is 0 Å². The first-order valence-corrected chi connectivity index (χ1v) is 5.58. The summed E-state index contributed by atoms with van der Waals surface area (Å²) >= 11 is 0. The van der Waals surface area contributed by atoms with E-state index in [1.165, 1.54) is 17.0 Å². The molecule has 1 aromatic carbocycles. The molecule has 0 saturated carbocycles. The molecule has 0 aromatic heterocycles. The number of hydrogen-bond acceptors (Lipinski definition) is 3. The summed E-state index contributed by atoms with van der Waals surface area (Å²) in [6, 6.07) is 4.75. The number of hydrogen-bond donors (Lipinski definition) is 1. The van der Waals surface area contributed by atoms with Crippen LogP contribution in [0.4, 0.5) is 5.69 Å². The number of para-hydroxylation sites is 1. The number of nitrogens with zero attached hydrogens (tertiary/aromatic N) is 1. The summed E-state index contributed by atoms with van der Waals surface area (Å²) in [4.78, 5) is 24.5. The number of aromatic carboxylic acids is 1. The number of ether oxygens (including phenoxy) is 1. The molecule has 0 bridgehead atoms. The molecule has 1 aliphatic rings. The highest BCUT2D eigenvalue weighted by Gasteiger charge is 2.26. The van der Waals surface area contributed by atoms with Crippen LogP contribution in [0.5, 0.6) is 5.75 Å². The molecule has 1 aliphatic heterocycles. The van der Waals surface area contributed by atoms with Crippen LogP contribution >= 0.6 is 0 Å². The van der Waals surface area contributed by atoms with Crippen LogP contribution in [0.15, 0.2) is 30.4 Å². The number of allylic oxidation sites excluding steroid dienone is 1. The van der Waals surface area contributed by atoms with Crippen LogP contribution in [0.25, 0.3) is 0 Å². The van der Waals surface area contributed by atoms with Crippen molar-refractivity contribution in [1.29, 1.82) is 0 Å². The van der Waals surface area contributed by atoms with Crippen LogP contribution in [-0.4, -0.2) is 30.1 Å². The van der Waals surface area contributed by atoms with Gasteiger partial charge >= 0.3 is 5.97 Å². The van der Waals surface area contributed by atoms with Crippen LogP contribution in [0.1, 0.15) is 17.3 Å². The molecule has 0 spiro atoms. The number of amides is 1. The fourth-order valence-corrected chi connectivity index (χ4v) is 1.88. The monoisotopic (exact) mass is 247 g/mol. The SMILES string of the molecule is C/C=C/C(=O)N1CCOc2c(C(=O)O)cccc21. The van der Waals surface area contributed by atoms with E-state index in [2.05, 4.69) is 0 Å². The lowest BCUT2D eigenvalue weighted by molar-refractivity contribution is -0.114. The van der Waals surface area contributed by atoms with Crippen molar-refractivity contribution in [1.82, 2.24) is 0 Å². The Morgan fingerprint density at radius 3 is 2.89 bits per heavy atom. The standard InChI is InChI=1S/C13H13NO4/c1-2-4-11(15)14-7-8-18-12-9(13(16)17)5-3-6-10(12)14/h2-6H,7-8H2,1H3,(H,16,17)/b4-2+. The van der Waals surface area contributed by atoms with E-state index in [0.717, 1.165) is 0 Å². The third-order valence-corrected chi connectivity index (χ3v) is 2.65. The van der Waals surface area contributed by atoms with Crippen molar-refractivity contribution in [3.05, 3.63) is 35.9 Å². The zero-order valence-electron chi connectivity index (χ0n) is 9.92. The van der Waals surface area contributed by atoms with Gasteiger partial charge in [-0.25, -0.2) is 4.79 Å². The van der Waals surface area contributed by atoms with Crippen molar-refractivity contribution < 1.29 is 19.4 Å². The van der Waals surface area contributed by atoms with Gasteiger partial charge in [-0.15, -0.1) is 0 Å². The lowest BCUT2D eigenvalue weighted by Crippen LogP contribution is -2.37. The molecule has 1 aromatic rings. The lowest BCUT2D eigenvalue weighted by atomic mass is 10.1. The highest BCUT2D eigenvalue weighted by Crippen LogP contribution is 2.35. The average molecular weight is 247 g/mol. The second-order valence-electron chi connectivity index (χ2n) is 3.80. The second-order valence-corrected chi connectivity index (χ2v) is 3.80. The van der Waals surface area contributed by atoms with Gasteiger partial charge in [0.25, 0.3) is 5.91 Å². The number of benzene rings is 1. The summed E-state index contributed by atoms with van der Waals surface area (Å²) in [7, 11) is 0. The summed E-state index contributed by atoms with van der Waals surface area (Å²) < 4.78 is 5.38. The van der Waals surface area contributed by atoms with Crippen LogP contribution in [0.2, 0.25) is 0 Å². The van der Waals surface area contributed by atoms with Crippen molar-refractivity contribution >= 4 is 17.6 Å². The molecule has 5 heteroatoms. The Morgan fingerprint density at radius 1 is 1.44 bits per heavy atom. The molecule has 94 valence electrons. The number of carboxylic acids is 1. The van der Waals surface area contributed by atoms with Crippen molar-refractivity contribution in [2.75, 3.05) is 18.1 Å². The van der Waals surface area contributed by atoms with E-state index in [4.69, 9.17) is 9.84 Å². The number of carbonyl (C=O) groups excluding carboxylic acids is 1. The summed E-state index contributed by atoms with van der Waals surface area (Å²) in [5.74, 6) is -0.981. The molecule has 0 atom stereocenters. The van der Waals surface area contributed by atoms with Gasteiger partial charge in [0.15, 0.2) is 5.75 Å². The van der Waals surface area contributed by atoms with E-state index in [0.29, 0.717) is 18.8 Å². The molecule has 0 fully saturated rings. The van der Waals surface area contributed by atoms with E-state index >= 15 is 0 Å². The predicted octanol–water partition coefficient (Wildman–Crippen LogP) is 1.69. The first-order valence-electron chi connectivity index (χ1n) is 5.58. The molecule has 5 nitrogen and oxygen atoms in total. The van der Waals surface area contributed by atoms with Crippen molar-refractivity contribution in [2.45, 2.75) is 6.92 Å². The largest absolute Gasteiger partial charge is 0.489 e. The highest BCUT2D eigenvalue weighted by atomic mass is 16.5. The average Bonchev–Trinajstić information content (AvgIpc) is 2.37. The van der Waals surface area contributed by atoms with E-state index in [1.807, 2.05) is 0 Å². The smallest absolute Gasteiger partial charge is 0.339 e. The van der Waals surface area contributed by atoms with Crippen LogP contribution in [-0.2, 0) is 4.79 Å². The quantitative estimate of drug-likeness (QED) is 0.807. The van der Waals surface area contributed by atoms with Crippen LogP contribution in [0.3, 0.4) is 0 Å². The lowest BCUT2D eigenvalue weighted by Gasteiger charge is -2.29. The summed E-state index contributed by atoms with van der Waals surface area (Å²) in [6.07, 6.45) is 3.10. The number of fused-ring (bicyclic) bond motifs is 1. The normalized spacial score (nSPS) is 14.2. The van der Waals surface area contributed by atoms with Crippen molar-refractivity contribution in [2.24, 2.45) is 0 Å². The Morgan fingerprint density at radius 2 is 2.22 bits per heavy atom. The second kappa shape index (κ2) is 4.91. The van der Waals surface area contributed by atoms with Gasteiger partial charge in [0.1, 0.15) is 12.2 Å². The van der Waals surface area contributed by atoms with E-state index in [-0.39, 0.29) is 17.2 Å². The Kier molecular flexibility index (Phi) is 3.32. The number of carbonyl (C=O) groups is 2. The van der Waals surface area contributed by atoms with Crippen LogP contribution < -0.4 is 9.64 Å².